The number of sulfonamides is 1. The van der Waals surface area contributed by atoms with Gasteiger partial charge in [-0.05, 0) is 24.3 Å². The predicted octanol–water partition coefficient (Wildman–Crippen LogP) is 1.24. The number of aromatic amines is 1. The second kappa shape index (κ2) is 5.61. The number of aromatic carboxylic acids is 1. The van der Waals surface area contributed by atoms with E-state index in [1.54, 1.807) is 6.07 Å². The van der Waals surface area contributed by atoms with Crippen LogP contribution in [0, 0.1) is 0 Å². The Kier molecular flexibility index (Phi) is 4.07. The highest BCUT2D eigenvalue weighted by atomic mass is 35.5. The number of nitrogens with one attached hydrogen (secondary N) is 2. The minimum absolute atomic E-state index is 0.0423. The molecule has 0 aliphatic rings. The van der Waals surface area contributed by atoms with Crippen LogP contribution in [0.2, 0.25) is 5.02 Å². The number of nitrogens with zero attached hydrogens (tertiary/aromatic N) is 1. The van der Waals surface area contributed by atoms with E-state index >= 15 is 0 Å². The van der Waals surface area contributed by atoms with Crippen molar-refractivity contribution in [3.63, 3.8) is 0 Å². The number of halogens is 1. The van der Waals surface area contributed by atoms with E-state index in [0.717, 1.165) is 12.1 Å². The average Bonchev–Trinajstić information content (AvgIpc) is 2.89. The molecular weight excluding hydrogens is 306 g/mol. The molecule has 2 rings (SSSR count). The van der Waals surface area contributed by atoms with Gasteiger partial charge in [0.15, 0.2) is 0 Å². The van der Waals surface area contributed by atoms with Crippen LogP contribution in [0.5, 0.6) is 0 Å². The Bertz CT molecular complexity index is 728. The van der Waals surface area contributed by atoms with E-state index in [0.29, 0.717) is 5.69 Å². The third-order valence-corrected chi connectivity index (χ3v) is 4.20. The zero-order chi connectivity index (χ0) is 14.8. The summed E-state index contributed by atoms with van der Waals surface area (Å²) in [6.07, 6.45) is 1.50. The van der Waals surface area contributed by atoms with Gasteiger partial charge in [0.2, 0.25) is 10.0 Å². The molecule has 2 aromatic rings. The van der Waals surface area contributed by atoms with Gasteiger partial charge in [-0.25, -0.2) is 17.9 Å². The fraction of sp³-hybridized carbons (Fsp3) is 0.0909. The van der Waals surface area contributed by atoms with Crippen molar-refractivity contribution < 1.29 is 18.3 Å². The van der Waals surface area contributed by atoms with E-state index in [1.165, 1.54) is 12.3 Å². The van der Waals surface area contributed by atoms with Crippen LogP contribution >= 0.6 is 11.6 Å². The van der Waals surface area contributed by atoms with E-state index in [9.17, 15) is 13.2 Å². The summed E-state index contributed by atoms with van der Waals surface area (Å²) < 4.78 is 26.4. The number of benzene rings is 1. The molecule has 0 unspecified atom stereocenters. The van der Waals surface area contributed by atoms with Crippen LogP contribution in [0.15, 0.2) is 35.4 Å². The van der Waals surface area contributed by atoms with Gasteiger partial charge >= 0.3 is 5.97 Å². The first-order valence-electron chi connectivity index (χ1n) is 5.41. The van der Waals surface area contributed by atoms with Crippen molar-refractivity contribution in [2.75, 3.05) is 0 Å². The van der Waals surface area contributed by atoms with Gasteiger partial charge in [-0.15, -0.1) is 0 Å². The Morgan fingerprint density at radius 1 is 1.40 bits per heavy atom. The number of aromatic nitrogens is 2. The lowest BCUT2D eigenvalue weighted by Gasteiger charge is -2.07. The third-order valence-electron chi connectivity index (χ3n) is 2.49. The number of carbonyl (C=O) groups is 1. The minimum Gasteiger partial charge on any atom is -0.478 e. The smallest absolute Gasteiger partial charge is 0.337 e. The Labute approximate surface area is 119 Å². The molecule has 0 aliphatic heterocycles. The number of H-pyrrole nitrogens is 1. The number of carboxylic acid groups (broad SMARTS) is 1. The quantitative estimate of drug-likeness (QED) is 0.768. The van der Waals surface area contributed by atoms with Gasteiger partial charge in [-0.2, -0.15) is 5.10 Å². The molecule has 0 atom stereocenters. The van der Waals surface area contributed by atoms with Gasteiger partial charge in [-0.3, -0.25) is 5.10 Å². The van der Waals surface area contributed by atoms with E-state index in [4.69, 9.17) is 16.7 Å². The van der Waals surface area contributed by atoms with Crippen molar-refractivity contribution in [3.05, 3.63) is 46.7 Å². The number of hydrogen-bond donors (Lipinski definition) is 3. The van der Waals surface area contributed by atoms with E-state index in [2.05, 4.69) is 14.9 Å². The first-order chi connectivity index (χ1) is 9.40. The largest absolute Gasteiger partial charge is 0.478 e. The molecule has 1 heterocycles. The molecular formula is C11H10ClN3O4S. The number of hydrogen-bond acceptors (Lipinski definition) is 4. The van der Waals surface area contributed by atoms with Gasteiger partial charge in [0.25, 0.3) is 0 Å². The lowest BCUT2D eigenvalue weighted by atomic mass is 10.2. The standard InChI is InChI=1S/C11H10ClN3O4S/c12-10-5-8(1-2-9(10)11(16)17)20(18,19)14-6-7-3-4-13-15-7/h1-5,14H,6H2,(H,13,15)(H,16,17). The summed E-state index contributed by atoms with van der Waals surface area (Å²) in [7, 11) is -3.78. The van der Waals surface area contributed by atoms with Gasteiger partial charge in [0.1, 0.15) is 0 Å². The predicted molar refractivity (Wildman–Crippen MR) is 71.0 cm³/mol. The normalized spacial score (nSPS) is 11.4. The van der Waals surface area contributed by atoms with Gasteiger partial charge in [0, 0.05) is 6.20 Å². The Balaban J connectivity index is 2.21. The first kappa shape index (κ1) is 14.5. The molecule has 3 N–H and O–H groups in total. The van der Waals surface area contributed by atoms with E-state index in [-0.39, 0.29) is 22.0 Å². The number of rotatable bonds is 5. The number of carboxylic acids is 1. The molecule has 0 spiro atoms. The summed E-state index contributed by atoms with van der Waals surface area (Å²) in [5, 5.41) is 15.0. The highest BCUT2D eigenvalue weighted by Gasteiger charge is 2.17. The zero-order valence-corrected chi connectivity index (χ0v) is 11.6. The van der Waals surface area contributed by atoms with Crippen molar-refractivity contribution in [1.82, 2.24) is 14.9 Å². The molecule has 7 nitrogen and oxygen atoms in total. The van der Waals surface area contributed by atoms with Crippen LogP contribution in [-0.2, 0) is 16.6 Å². The minimum atomic E-state index is -3.78. The summed E-state index contributed by atoms with van der Waals surface area (Å²) in [6.45, 7) is 0.0423. The monoisotopic (exact) mass is 315 g/mol. The summed E-state index contributed by atoms with van der Waals surface area (Å²) >= 11 is 5.74. The molecule has 0 fully saturated rings. The van der Waals surface area contributed by atoms with Crippen LogP contribution in [0.1, 0.15) is 16.1 Å². The van der Waals surface area contributed by atoms with Crippen molar-refractivity contribution in [2.45, 2.75) is 11.4 Å². The van der Waals surface area contributed by atoms with Crippen LogP contribution in [0.3, 0.4) is 0 Å². The summed E-state index contributed by atoms with van der Waals surface area (Å²) in [4.78, 5) is 10.7. The second-order valence-corrected chi connectivity index (χ2v) is 6.03. The topological polar surface area (TPSA) is 112 Å². The summed E-state index contributed by atoms with van der Waals surface area (Å²) in [6, 6.07) is 5.06. The van der Waals surface area contributed by atoms with Crippen LogP contribution in [-0.4, -0.2) is 29.7 Å². The van der Waals surface area contributed by atoms with Gasteiger partial charge < -0.3 is 5.11 Å². The van der Waals surface area contributed by atoms with Crippen molar-refractivity contribution in [3.8, 4) is 0 Å². The van der Waals surface area contributed by atoms with Crippen LogP contribution < -0.4 is 4.72 Å². The zero-order valence-electron chi connectivity index (χ0n) is 10.00. The molecule has 0 aliphatic carbocycles. The molecule has 106 valence electrons. The SMILES string of the molecule is O=C(O)c1ccc(S(=O)(=O)NCc2ccn[nH]2)cc1Cl. The Hall–Kier alpha value is -1.90. The van der Waals surface area contributed by atoms with Crippen LogP contribution in [0.25, 0.3) is 0 Å². The average molecular weight is 316 g/mol. The van der Waals surface area contributed by atoms with Crippen molar-refractivity contribution in [2.24, 2.45) is 0 Å². The van der Waals surface area contributed by atoms with Crippen LogP contribution in [0.4, 0.5) is 0 Å². The lowest BCUT2D eigenvalue weighted by molar-refractivity contribution is 0.0697. The third kappa shape index (κ3) is 3.16. The molecule has 9 heteroatoms. The molecule has 0 saturated carbocycles. The Morgan fingerprint density at radius 3 is 2.70 bits per heavy atom. The van der Waals surface area contributed by atoms with E-state index in [1.807, 2.05) is 0 Å². The fourth-order valence-electron chi connectivity index (χ4n) is 1.48. The summed E-state index contributed by atoms with van der Waals surface area (Å²) in [5.41, 5.74) is 0.445. The lowest BCUT2D eigenvalue weighted by Crippen LogP contribution is -2.23. The van der Waals surface area contributed by atoms with Crippen molar-refractivity contribution in [1.29, 1.82) is 0 Å². The molecule has 0 amide bonds. The molecule has 0 radical (unpaired) electrons. The van der Waals surface area contributed by atoms with E-state index < -0.39 is 16.0 Å². The highest BCUT2D eigenvalue weighted by molar-refractivity contribution is 7.89. The Morgan fingerprint density at radius 2 is 2.15 bits per heavy atom. The molecule has 1 aromatic carbocycles. The maximum Gasteiger partial charge on any atom is 0.337 e. The first-order valence-corrected chi connectivity index (χ1v) is 7.27. The second-order valence-electron chi connectivity index (χ2n) is 3.85. The maximum atomic E-state index is 12.0. The molecule has 0 bridgehead atoms. The molecule has 0 saturated heterocycles. The fourth-order valence-corrected chi connectivity index (χ4v) is 2.83. The molecule has 20 heavy (non-hydrogen) atoms. The van der Waals surface area contributed by atoms with Gasteiger partial charge in [-0.1, -0.05) is 11.6 Å². The highest BCUT2D eigenvalue weighted by Crippen LogP contribution is 2.21. The maximum absolute atomic E-state index is 12.0. The van der Waals surface area contributed by atoms with Gasteiger partial charge in [0.05, 0.1) is 27.7 Å². The molecule has 1 aromatic heterocycles. The summed E-state index contributed by atoms with van der Waals surface area (Å²) in [5.74, 6) is -1.22. The van der Waals surface area contributed by atoms with Crippen molar-refractivity contribution >= 4 is 27.6 Å².